The molecule has 1 amide bonds. The van der Waals surface area contributed by atoms with E-state index in [0.29, 0.717) is 12.3 Å². The Balaban J connectivity index is 0.00000208. The Labute approximate surface area is 149 Å². The van der Waals surface area contributed by atoms with Crippen molar-refractivity contribution in [1.29, 1.82) is 0 Å². The van der Waals surface area contributed by atoms with Crippen molar-refractivity contribution in [1.82, 2.24) is 0 Å². The molecule has 24 heavy (non-hydrogen) atoms. The van der Waals surface area contributed by atoms with Gasteiger partial charge in [0.1, 0.15) is 5.75 Å². The quantitative estimate of drug-likeness (QED) is 0.861. The van der Waals surface area contributed by atoms with Gasteiger partial charge < -0.3 is 15.4 Å². The van der Waals surface area contributed by atoms with Crippen molar-refractivity contribution in [2.24, 2.45) is 0 Å². The Morgan fingerprint density at radius 3 is 2.62 bits per heavy atom. The van der Waals surface area contributed by atoms with Crippen LogP contribution < -0.4 is 15.4 Å². The summed E-state index contributed by atoms with van der Waals surface area (Å²) in [7, 11) is 0. The summed E-state index contributed by atoms with van der Waals surface area (Å²) in [6.07, 6.45) is 1.30. The molecule has 0 aromatic heterocycles. The van der Waals surface area contributed by atoms with E-state index in [9.17, 15) is 4.79 Å². The number of fused-ring (bicyclic) bond motifs is 1. The molecule has 1 unspecified atom stereocenters. The zero-order valence-electron chi connectivity index (χ0n) is 14.0. The molecule has 0 aliphatic carbocycles. The lowest BCUT2D eigenvalue weighted by Crippen LogP contribution is -2.43. The lowest BCUT2D eigenvalue weighted by Gasteiger charge is -2.32. The minimum absolute atomic E-state index is 0. The molecular weight excluding hydrogens is 324 g/mol. The molecule has 0 saturated carbocycles. The molecule has 1 heterocycles. The number of rotatable bonds is 3. The van der Waals surface area contributed by atoms with Gasteiger partial charge in [0.25, 0.3) is 5.91 Å². The zero-order chi connectivity index (χ0) is 16.4. The first-order valence-corrected chi connectivity index (χ1v) is 7.98. The summed E-state index contributed by atoms with van der Waals surface area (Å²) >= 11 is 0. The number of carbonyl (C=O) groups is 1. The van der Waals surface area contributed by atoms with Crippen LogP contribution in [0.25, 0.3) is 0 Å². The normalized spacial score (nSPS) is 14.3. The van der Waals surface area contributed by atoms with E-state index in [1.165, 1.54) is 0 Å². The third kappa shape index (κ3) is 3.65. The van der Waals surface area contributed by atoms with Crippen molar-refractivity contribution in [2.45, 2.75) is 32.8 Å². The highest BCUT2D eigenvalue weighted by atomic mass is 35.5. The van der Waals surface area contributed by atoms with Crippen LogP contribution in [0.1, 0.15) is 24.5 Å². The van der Waals surface area contributed by atoms with Gasteiger partial charge in [0.2, 0.25) is 0 Å². The average molecular weight is 347 g/mol. The number of ether oxygens (including phenoxy) is 1. The molecule has 3 rings (SSSR count). The summed E-state index contributed by atoms with van der Waals surface area (Å²) in [5.74, 6) is 0.679. The number of aryl methyl sites for hydroxylation is 1. The zero-order valence-corrected chi connectivity index (χ0v) is 14.8. The van der Waals surface area contributed by atoms with Crippen LogP contribution in [-0.4, -0.2) is 18.6 Å². The maximum absolute atomic E-state index is 12.8. The van der Waals surface area contributed by atoms with Gasteiger partial charge >= 0.3 is 0 Å². The highest BCUT2D eigenvalue weighted by Crippen LogP contribution is 2.32. The van der Waals surface area contributed by atoms with E-state index in [-0.39, 0.29) is 18.3 Å². The number of carbonyl (C=O) groups excluding carboxylic acids is 1. The third-order valence-electron chi connectivity index (χ3n) is 4.23. The molecule has 4 nitrogen and oxygen atoms in total. The topological polar surface area (TPSA) is 55.6 Å². The molecule has 2 aromatic rings. The minimum Gasteiger partial charge on any atom is -0.481 e. The van der Waals surface area contributed by atoms with E-state index in [4.69, 9.17) is 10.5 Å². The Morgan fingerprint density at radius 1 is 1.21 bits per heavy atom. The van der Waals surface area contributed by atoms with Crippen molar-refractivity contribution in [3.05, 3.63) is 53.6 Å². The summed E-state index contributed by atoms with van der Waals surface area (Å²) in [5, 5.41) is 0. The number of nitrogens with zero attached hydrogens (tertiary/aromatic N) is 1. The van der Waals surface area contributed by atoms with Gasteiger partial charge in [0, 0.05) is 17.9 Å². The summed E-state index contributed by atoms with van der Waals surface area (Å²) in [5.41, 5.74) is 9.95. The Morgan fingerprint density at radius 2 is 1.92 bits per heavy atom. The van der Waals surface area contributed by atoms with Crippen LogP contribution in [-0.2, 0) is 11.2 Å². The maximum Gasteiger partial charge on any atom is 0.267 e. The second kappa shape index (κ2) is 7.58. The van der Waals surface area contributed by atoms with Crippen LogP contribution in [0.15, 0.2) is 42.5 Å². The number of anilines is 2. The molecule has 128 valence electrons. The standard InChI is InChI=1S/C19H22N2O2.ClH/c1-13-8-10-15(11-9-13)23-14(2)19(22)21-12-4-5-16-17(20)6-3-7-18(16)21;/h3,6-11,14H,4-5,12,20H2,1-2H3;1H. The Bertz CT molecular complexity index is 716. The van der Waals surface area contributed by atoms with Gasteiger partial charge in [-0.25, -0.2) is 0 Å². The number of amides is 1. The maximum atomic E-state index is 12.8. The summed E-state index contributed by atoms with van der Waals surface area (Å²) in [6, 6.07) is 13.5. The van der Waals surface area contributed by atoms with Crippen LogP contribution in [0.2, 0.25) is 0 Å². The third-order valence-corrected chi connectivity index (χ3v) is 4.23. The van der Waals surface area contributed by atoms with Gasteiger partial charge in [-0.1, -0.05) is 23.8 Å². The van der Waals surface area contributed by atoms with Gasteiger partial charge in [-0.05, 0) is 56.5 Å². The largest absolute Gasteiger partial charge is 0.481 e. The summed E-state index contributed by atoms with van der Waals surface area (Å²) < 4.78 is 5.81. The Kier molecular flexibility index (Phi) is 5.73. The van der Waals surface area contributed by atoms with Crippen molar-refractivity contribution in [3.63, 3.8) is 0 Å². The van der Waals surface area contributed by atoms with Gasteiger partial charge in [-0.3, -0.25) is 4.79 Å². The van der Waals surface area contributed by atoms with Gasteiger partial charge in [0.15, 0.2) is 6.10 Å². The summed E-state index contributed by atoms with van der Waals surface area (Å²) in [6.45, 7) is 4.52. The predicted octanol–water partition coefficient (Wildman–Crippen LogP) is 3.75. The number of nitrogen functional groups attached to an aromatic ring is 1. The SMILES string of the molecule is Cc1ccc(OC(C)C(=O)N2CCCc3c(N)cccc32)cc1.Cl. The molecule has 0 saturated heterocycles. The average Bonchev–Trinajstić information content (AvgIpc) is 2.56. The lowest BCUT2D eigenvalue weighted by atomic mass is 9.99. The molecule has 1 atom stereocenters. The highest BCUT2D eigenvalue weighted by Gasteiger charge is 2.28. The molecule has 2 aromatic carbocycles. The fraction of sp³-hybridized carbons (Fsp3) is 0.316. The lowest BCUT2D eigenvalue weighted by molar-refractivity contribution is -0.124. The van der Waals surface area contributed by atoms with E-state index < -0.39 is 6.10 Å². The summed E-state index contributed by atoms with van der Waals surface area (Å²) in [4.78, 5) is 14.6. The molecule has 1 aliphatic heterocycles. The van der Waals surface area contributed by atoms with Crippen LogP contribution in [0, 0.1) is 6.92 Å². The highest BCUT2D eigenvalue weighted by molar-refractivity contribution is 5.98. The van der Waals surface area contributed by atoms with Crippen molar-refractivity contribution >= 4 is 29.7 Å². The van der Waals surface area contributed by atoms with Crippen molar-refractivity contribution < 1.29 is 9.53 Å². The number of hydrogen-bond acceptors (Lipinski definition) is 3. The predicted molar refractivity (Wildman–Crippen MR) is 100 cm³/mol. The smallest absolute Gasteiger partial charge is 0.267 e. The van der Waals surface area contributed by atoms with Crippen molar-refractivity contribution in [2.75, 3.05) is 17.2 Å². The molecule has 0 spiro atoms. The number of benzene rings is 2. The van der Waals surface area contributed by atoms with E-state index in [1.54, 1.807) is 11.8 Å². The Hall–Kier alpha value is -2.20. The van der Waals surface area contributed by atoms with Gasteiger partial charge in [-0.2, -0.15) is 0 Å². The molecular formula is C19H23ClN2O2. The fourth-order valence-corrected chi connectivity index (χ4v) is 2.97. The molecule has 0 bridgehead atoms. The second-order valence-corrected chi connectivity index (χ2v) is 6.01. The second-order valence-electron chi connectivity index (χ2n) is 6.01. The van der Waals surface area contributed by atoms with Crippen LogP contribution in [0.5, 0.6) is 5.75 Å². The van der Waals surface area contributed by atoms with Crippen LogP contribution in [0.4, 0.5) is 11.4 Å². The van der Waals surface area contributed by atoms with E-state index >= 15 is 0 Å². The van der Waals surface area contributed by atoms with Crippen molar-refractivity contribution in [3.8, 4) is 5.75 Å². The van der Waals surface area contributed by atoms with E-state index in [0.717, 1.165) is 35.3 Å². The van der Waals surface area contributed by atoms with Gasteiger partial charge in [0.05, 0.1) is 0 Å². The first kappa shape index (κ1) is 18.1. The molecule has 0 radical (unpaired) electrons. The van der Waals surface area contributed by atoms with E-state index in [2.05, 4.69) is 0 Å². The molecule has 0 fully saturated rings. The van der Waals surface area contributed by atoms with E-state index in [1.807, 2.05) is 49.4 Å². The van der Waals surface area contributed by atoms with Crippen LogP contribution >= 0.6 is 12.4 Å². The van der Waals surface area contributed by atoms with Crippen LogP contribution in [0.3, 0.4) is 0 Å². The number of hydrogen-bond donors (Lipinski definition) is 1. The minimum atomic E-state index is -0.537. The monoisotopic (exact) mass is 346 g/mol. The molecule has 5 heteroatoms. The first-order chi connectivity index (χ1) is 11.1. The molecule has 1 aliphatic rings. The number of halogens is 1. The fourth-order valence-electron chi connectivity index (χ4n) is 2.97. The van der Waals surface area contributed by atoms with Gasteiger partial charge in [-0.15, -0.1) is 12.4 Å². The number of nitrogens with two attached hydrogens (primary N) is 1. The molecule has 2 N–H and O–H groups in total. The first-order valence-electron chi connectivity index (χ1n) is 7.98.